The molecule has 0 saturated heterocycles. The van der Waals surface area contributed by atoms with Gasteiger partial charge in [-0.3, -0.25) is 9.59 Å². The number of benzene rings is 1. The van der Waals surface area contributed by atoms with Crippen LogP contribution in [0.15, 0.2) is 31.9 Å². The number of hydrogen-bond donors (Lipinski definition) is 1. The average Bonchev–Trinajstić information content (AvgIpc) is 3.40. The van der Waals surface area contributed by atoms with Crippen LogP contribution in [-0.2, 0) is 14.3 Å². The SMILES string of the molecule is [C-]#[N+]/C(C(=O)OCCC(C)(C)O)=C1\Sc2c(C)ccc(OC(=O)C3CCC(C4CCC(CCCC)CC4)CC3)c2S1. The van der Waals surface area contributed by atoms with Gasteiger partial charge in [0.1, 0.15) is 5.75 Å². The van der Waals surface area contributed by atoms with Gasteiger partial charge in [0.25, 0.3) is 5.70 Å². The number of ether oxygens (including phenoxy) is 2. The smallest absolute Gasteiger partial charge is 0.338 e. The number of fused-ring (bicyclic) bond motifs is 1. The number of unbranched alkanes of at least 4 members (excludes halogenated alkanes) is 1. The summed E-state index contributed by atoms with van der Waals surface area (Å²) in [6, 6.07) is 3.75. The summed E-state index contributed by atoms with van der Waals surface area (Å²) >= 11 is 2.64. The zero-order valence-corrected chi connectivity index (χ0v) is 26.6. The van der Waals surface area contributed by atoms with E-state index in [1.54, 1.807) is 13.8 Å². The van der Waals surface area contributed by atoms with Gasteiger partial charge in [0.15, 0.2) is 0 Å². The Labute approximate surface area is 254 Å². The third-order valence-corrected chi connectivity index (χ3v) is 11.7. The summed E-state index contributed by atoms with van der Waals surface area (Å²) in [5.74, 6) is 2.03. The van der Waals surface area contributed by atoms with Crippen LogP contribution in [0.25, 0.3) is 4.85 Å². The summed E-state index contributed by atoms with van der Waals surface area (Å²) in [6.45, 7) is 15.2. The molecule has 0 atom stereocenters. The first-order valence-electron chi connectivity index (χ1n) is 15.3. The number of aliphatic hydroxyl groups is 1. The van der Waals surface area contributed by atoms with Gasteiger partial charge in [0, 0.05) is 11.3 Å². The lowest BCUT2D eigenvalue weighted by Crippen LogP contribution is -2.30. The van der Waals surface area contributed by atoms with Gasteiger partial charge in [-0.15, -0.1) is 0 Å². The fourth-order valence-corrected chi connectivity index (χ4v) is 8.97. The molecule has 6 nitrogen and oxygen atoms in total. The number of aryl methyl sites for hydroxylation is 1. The van der Waals surface area contributed by atoms with Crippen molar-refractivity contribution in [3.8, 4) is 5.75 Å². The topological polar surface area (TPSA) is 77.2 Å². The molecule has 3 aliphatic rings. The van der Waals surface area contributed by atoms with Gasteiger partial charge in [-0.2, -0.15) is 0 Å². The first-order chi connectivity index (χ1) is 19.6. The average molecular weight is 600 g/mol. The van der Waals surface area contributed by atoms with Crippen molar-refractivity contribution in [3.05, 3.63) is 39.0 Å². The van der Waals surface area contributed by atoms with Gasteiger partial charge in [-0.25, -0.2) is 4.85 Å². The number of thioether (sulfide) groups is 2. The molecule has 2 aliphatic carbocycles. The van der Waals surface area contributed by atoms with Crippen LogP contribution in [0.4, 0.5) is 0 Å². The molecule has 0 bridgehead atoms. The zero-order valence-electron chi connectivity index (χ0n) is 25.0. The van der Waals surface area contributed by atoms with E-state index in [4.69, 9.17) is 16.0 Å². The van der Waals surface area contributed by atoms with Crippen LogP contribution in [0.5, 0.6) is 5.75 Å². The fourth-order valence-electron chi connectivity index (χ4n) is 6.35. The number of esters is 2. The lowest BCUT2D eigenvalue weighted by atomic mass is 9.68. The monoisotopic (exact) mass is 599 g/mol. The third-order valence-electron chi connectivity index (χ3n) is 8.95. The highest BCUT2D eigenvalue weighted by molar-refractivity contribution is 8.24. The Morgan fingerprint density at radius 1 is 1.02 bits per heavy atom. The van der Waals surface area contributed by atoms with Crippen molar-refractivity contribution in [2.24, 2.45) is 23.7 Å². The van der Waals surface area contributed by atoms with E-state index in [1.165, 1.54) is 68.5 Å². The zero-order chi connectivity index (χ0) is 29.6. The molecule has 2 fully saturated rings. The van der Waals surface area contributed by atoms with Gasteiger partial charge < -0.3 is 14.6 Å². The molecule has 8 heteroatoms. The third kappa shape index (κ3) is 8.55. The predicted octanol–water partition coefficient (Wildman–Crippen LogP) is 8.69. The number of carbonyl (C=O) groups is 2. The van der Waals surface area contributed by atoms with E-state index in [1.807, 2.05) is 19.1 Å². The summed E-state index contributed by atoms with van der Waals surface area (Å²) in [5.41, 5.74) is -0.0419. The number of carbonyl (C=O) groups excluding carboxylic acids is 2. The van der Waals surface area contributed by atoms with Crippen LogP contribution in [0.1, 0.15) is 103 Å². The Balaban J connectivity index is 1.34. The Kier molecular flexibility index (Phi) is 11.3. The van der Waals surface area contributed by atoms with Crippen molar-refractivity contribution < 1.29 is 24.2 Å². The maximum Gasteiger partial charge on any atom is 0.338 e. The second-order valence-electron chi connectivity index (χ2n) is 12.6. The van der Waals surface area contributed by atoms with Crippen LogP contribution in [-0.4, -0.2) is 29.3 Å². The Hall–Kier alpha value is -1.95. The highest BCUT2D eigenvalue weighted by Crippen LogP contribution is 2.57. The summed E-state index contributed by atoms with van der Waals surface area (Å²) in [7, 11) is 0. The molecule has 0 amide bonds. The highest BCUT2D eigenvalue weighted by Gasteiger charge is 2.35. The lowest BCUT2D eigenvalue weighted by molar-refractivity contribution is -0.141. The van der Waals surface area contributed by atoms with Crippen molar-refractivity contribution in [3.63, 3.8) is 0 Å². The summed E-state index contributed by atoms with van der Waals surface area (Å²) in [4.78, 5) is 31.1. The summed E-state index contributed by atoms with van der Waals surface area (Å²) < 4.78 is 11.8. The van der Waals surface area contributed by atoms with Crippen molar-refractivity contribution in [2.75, 3.05) is 6.61 Å². The van der Waals surface area contributed by atoms with Gasteiger partial charge in [-0.1, -0.05) is 68.6 Å². The van der Waals surface area contributed by atoms with Crippen LogP contribution in [0, 0.1) is 37.2 Å². The molecule has 1 aromatic carbocycles. The molecule has 0 unspecified atom stereocenters. The van der Waals surface area contributed by atoms with Crippen molar-refractivity contribution >= 4 is 35.5 Å². The van der Waals surface area contributed by atoms with Gasteiger partial charge in [0.2, 0.25) is 0 Å². The van der Waals surface area contributed by atoms with Crippen LogP contribution < -0.4 is 4.74 Å². The van der Waals surface area contributed by atoms with Crippen LogP contribution in [0.3, 0.4) is 0 Å². The van der Waals surface area contributed by atoms with Gasteiger partial charge in [0.05, 0.1) is 33.8 Å². The highest BCUT2D eigenvalue weighted by atomic mass is 32.2. The quantitative estimate of drug-likeness (QED) is 0.125. The second-order valence-corrected chi connectivity index (χ2v) is 14.9. The Morgan fingerprint density at radius 3 is 2.27 bits per heavy atom. The lowest BCUT2D eigenvalue weighted by Gasteiger charge is -2.37. The minimum absolute atomic E-state index is 0.0290. The number of nitrogens with zero attached hydrogens (tertiary/aromatic N) is 1. The molecule has 0 aromatic heterocycles. The van der Waals surface area contributed by atoms with Gasteiger partial charge >= 0.3 is 11.9 Å². The minimum atomic E-state index is -0.957. The molecular formula is C33H45NO5S2. The van der Waals surface area contributed by atoms with E-state index < -0.39 is 11.6 Å². The van der Waals surface area contributed by atoms with Gasteiger partial charge in [-0.05, 0) is 88.7 Å². The van der Waals surface area contributed by atoms with E-state index in [0.29, 0.717) is 9.99 Å². The summed E-state index contributed by atoms with van der Waals surface area (Å²) in [6.07, 6.45) is 13.8. The van der Waals surface area contributed by atoms with Crippen molar-refractivity contribution in [1.82, 2.24) is 0 Å². The molecule has 1 aromatic rings. The van der Waals surface area contributed by atoms with E-state index in [9.17, 15) is 14.7 Å². The van der Waals surface area contributed by atoms with Crippen LogP contribution >= 0.6 is 23.5 Å². The Morgan fingerprint density at radius 2 is 1.66 bits per heavy atom. The number of rotatable bonds is 10. The van der Waals surface area contributed by atoms with E-state index in [2.05, 4.69) is 11.8 Å². The molecule has 2 saturated carbocycles. The molecule has 0 radical (unpaired) electrons. The molecule has 4 rings (SSSR count). The normalized spacial score (nSPS) is 25.7. The number of hydrogen-bond acceptors (Lipinski definition) is 7. The fraction of sp³-hybridized carbons (Fsp3) is 0.667. The summed E-state index contributed by atoms with van der Waals surface area (Å²) in [5, 5.41) is 9.87. The van der Waals surface area contributed by atoms with Crippen molar-refractivity contribution in [1.29, 1.82) is 0 Å². The molecule has 1 heterocycles. The van der Waals surface area contributed by atoms with Crippen LogP contribution in [0.2, 0.25) is 0 Å². The van der Waals surface area contributed by atoms with E-state index in [0.717, 1.165) is 58.8 Å². The molecule has 0 spiro atoms. The molecule has 1 N–H and O–H groups in total. The Bertz CT molecular complexity index is 1170. The molecule has 41 heavy (non-hydrogen) atoms. The second kappa shape index (κ2) is 14.5. The maximum absolute atomic E-state index is 13.3. The molecule has 224 valence electrons. The van der Waals surface area contributed by atoms with E-state index >= 15 is 0 Å². The minimum Gasteiger partial charge on any atom is -0.470 e. The predicted molar refractivity (Wildman–Crippen MR) is 164 cm³/mol. The first-order valence-corrected chi connectivity index (χ1v) is 16.9. The molecular weight excluding hydrogens is 554 g/mol. The first kappa shape index (κ1) is 32.0. The molecule has 1 aliphatic heterocycles. The van der Waals surface area contributed by atoms with E-state index in [-0.39, 0.29) is 30.6 Å². The standard InChI is InChI=1S/C33H45NO5S2/c1-6-7-8-22-10-12-23(13-11-22)24-14-16-25(17-15-24)30(35)39-26-18-9-21(2)28-29(26)41-32(40-28)27(34-5)31(36)38-20-19-33(3,4)37/h9,18,22-25,37H,6-8,10-17,19-20H2,1-4H3/b32-27+. The maximum atomic E-state index is 13.3. The van der Waals surface area contributed by atoms with Crippen molar-refractivity contribution in [2.45, 2.75) is 120 Å². The largest absolute Gasteiger partial charge is 0.470 e.